The topological polar surface area (TPSA) is 63.3 Å². The minimum Gasteiger partial charge on any atom is -0.411 e. The quantitative estimate of drug-likeness (QED) is 0.378. The number of oxime groups is 1. The van der Waals surface area contributed by atoms with Crippen molar-refractivity contribution in [3.05, 3.63) is 23.2 Å². The Morgan fingerprint density at radius 1 is 1.50 bits per heavy atom. The third-order valence-electron chi connectivity index (χ3n) is 2.35. The molecule has 0 fully saturated rings. The van der Waals surface area contributed by atoms with Crippen molar-refractivity contribution < 1.29 is 5.21 Å². The van der Waals surface area contributed by atoms with Crippen molar-refractivity contribution in [2.45, 2.75) is 19.9 Å². The molecule has 0 unspecified atom stereocenters. The molecule has 0 aliphatic carbocycles. The number of nitrogens with zero attached hydrogens (tertiary/aromatic N) is 4. The first-order valence-electron chi connectivity index (χ1n) is 4.83. The zero-order chi connectivity index (χ0) is 11.7. The van der Waals surface area contributed by atoms with Gasteiger partial charge in [-0.15, -0.1) is 0 Å². The number of halogens is 1. The summed E-state index contributed by atoms with van der Waals surface area (Å²) in [5.74, 6) is 0. The molecule has 0 bridgehead atoms. The molecule has 0 aliphatic rings. The molecule has 0 amide bonds. The maximum Gasteiger partial charge on any atom is 0.145 e. The maximum absolute atomic E-state index is 8.59. The molecule has 5 nitrogen and oxygen atoms in total. The van der Waals surface area contributed by atoms with Crippen molar-refractivity contribution in [2.75, 3.05) is 0 Å². The highest BCUT2D eigenvalue weighted by Crippen LogP contribution is 2.26. The molecule has 0 aromatic carbocycles. The predicted molar refractivity (Wildman–Crippen MR) is 62.3 cm³/mol. The highest BCUT2D eigenvalue weighted by atomic mass is 35.5. The van der Waals surface area contributed by atoms with Crippen molar-refractivity contribution in [3.63, 3.8) is 0 Å². The third-order valence-corrected chi connectivity index (χ3v) is 2.63. The van der Waals surface area contributed by atoms with Crippen molar-refractivity contribution in [3.8, 4) is 0 Å². The van der Waals surface area contributed by atoms with Gasteiger partial charge in [0, 0.05) is 17.8 Å². The van der Waals surface area contributed by atoms with Crippen LogP contribution < -0.4 is 0 Å². The van der Waals surface area contributed by atoms with Crippen LogP contribution in [0.25, 0.3) is 11.0 Å². The zero-order valence-electron chi connectivity index (χ0n) is 8.92. The molecule has 2 heterocycles. The van der Waals surface area contributed by atoms with E-state index in [0.717, 1.165) is 5.65 Å². The molecule has 0 saturated carbocycles. The maximum atomic E-state index is 8.59. The van der Waals surface area contributed by atoms with Crippen molar-refractivity contribution >= 4 is 28.8 Å². The van der Waals surface area contributed by atoms with Crippen molar-refractivity contribution in [2.24, 2.45) is 5.16 Å². The van der Waals surface area contributed by atoms with Crippen LogP contribution in [0.5, 0.6) is 0 Å². The highest BCUT2D eigenvalue weighted by Gasteiger charge is 2.14. The van der Waals surface area contributed by atoms with Gasteiger partial charge in [-0.25, -0.2) is 9.97 Å². The molecule has 0 atom stereocenters. The number of aromatic nitrogens is 3. The molecule has 0 aliphatic heterocycles. The first-order chi connectivity index (χ1) is 7.65. The molecule has 2 aromatic rings. The van der Waals surface area contributed by atoms with Crippen molar-refractivity contribution in [1.29, 1.82) is 0 Å². The summed E-state index contributed by atoms with van der Waals surface area (Å²) in [5.41, 5.74) is 1.45. The number of fused-ring (bicyclic) bond motifs is 1. The fraction of sp³-hybridized carbons (Fsp3) is 0.300. The molecular weight excluding hydrogens is 228 g/mol. The van der Waals surface area contributed by atoms with Crippen LogP contribution in [0, 0.1) is 0 Å². The summed E-state index contributed by atoms with van der Waals surface area (Å²) in [6.07, 6.45) is 4.59. The molecular formula is C10H11ClN4O. The fourth-order valence-corrected chi connectivity index (χ4v) is 1.87. The predicted octanol–water partition coefficient (Wildman–Crippen LogP) is 2.47. The summed E-state index contributed by atoms with van der Waals surface area (Å²) in [5, 5.41) is 12.7. The minimum atomic E-state index is 0.245. The summed E-state index contributed by atoms with van der Waals surface area (Å²) >= 11 is 6.01. The Bertz CT molecular complexity index is 547. The Morgan fingerprint density at radius 3 is 2.88 bits per heavy atom. The highest BCUT2D eigenvalue weighted by molar-refractivity contribution is 6.35. The molecule has 0 radical (unpaired) electrons. The van der Waals surface area contributed by atoms with E-state index in [1.54, 1.807) is 0 Å². The number of hydrogen-bond donors (Lipinski definition) is 1. The molecule has 6 heteroatoms. The second-order valence-electron chi connectivity index (χ2n) is 3.69. The van der Waals surface area contributed by atoms with Gasteiger partial charge in [-0.1, -0.05) is 16.8 Å². The molecule has 16 heavy (non-hydrogen) atoms. The van der Waals surface area contributed by atoms with Gasteiger partial charge in [-0.3, -0.25) is 0 Å². The lowest BCUT2D eigenvalue weighted by Crippen LogP contribution is -1.99. The Kier molecular flexibility index (Phi) is 2.78. The van der Waals surface area contributed by atoms with Gasteiger partial charge >= 0.3 is 0 Å². The van der Waals surface area contributed by atoms with E-state index >= 15 is 0 Å². The van der Waals surface area contributed by atoms with E-state index in [0.29, 0.717) is 16.1 Å². The minimum absolute atomic E-state index is 0.245. The Balaban J connectivity index is 2.81. The summed E-state index contributed by atoms with van der Waals surface area (Å²) in [6, 6.07) is 0.245. The Hall–Kier alpha value is -1.62. The molecule has 0 saturated heterocycles. The van der Waals surface area contributed by atoms with Gasteiger partial charge in [0.25, 0.3) is 0 Å². The van der Waals surface area contributed by atoms with Crippen LogP contribution in [0.3, 0.4) is 0 Å². The first-order valence-corrected chi connectivity index (χ1v) is 5.21. The van der Waals surface area contributed by atoms with Gasteiger partial charge < -0.3 is 9.77 Å². The van der Waals surface area contributed by atoms with Crippen molar-refractivity contribution in [1.82, 2.24) is 14.5 Å². The van der Waals surface area contributed by atoms with Gasteiger partial charge in [0.2, 0.25) is 0 Å². The van der Waals surface area contributed by atoms with E-state index in [1.807, 2.05) is 24.6 Å². The van der Waals surface area contributed by atoms with Crippen LogP contribution in [0.4, 0.5) is 0 Å². The molecule has 2 aromatic heterocycles. The van der Waals surface area contributed by atoms with E-state index < -0.39 is 0 Å². The lowest BCUT2D eigenvalue weighted by molar-refractivity contribution is 0.322. The van der Waals surface area contributed by atoms with Crippen LogP contribution in [0.2, 0.25) is 5.15 Å². The fourth-order valence-electron chi connectivity index (χ4n) is 1.63. The molecule has 2 rings (SSSR count). The SMILES string of the molecule is CC(C)n1cc(/C=N/O)c2c(Cl)ncnc21. The summed E-state index contributed by atoms with van der Waals surface area (Å²) in [7, 11) is 0. The van der Waals surface area contributed by atoms with E-state index in [-0.39, 0.29) is 6.04 Å². The molecule has 84 valence electrons. The molecule has 0 spiro atoms. The van der Waals surface area contributed by atoms with Crippen LogP contribution in [-0.4, -0.2) is 26.0 Å². The second kappa shape index (κ2) is 4.09. The van der Waals surface area contributed by atoms with E-state index in [9.17, 15) is 0 Å². The van der Waals surface area contributed by atoms with Crippen LogP contribution in [-0.2, 0) is 0 Å². The largest absolute Gasteiger partial charge is 0.411 e. The van der Waals surface area contributed by atoms with Crippen LogP contribution in [0.1, 0.15) is 25.5 Å². The number of hydrogen-bond acceptors (Lipinski definition) is 4. The third kappa shape index (κ3) is 1.63. The van der Waals surface area contributed by atoms with Gasteiger partial charge in [-0.2, -0.15) is 0 Å². The van der Waals surface area contributed by atoms with E-state index in [1.165, 1.54) is 12.5 Å². The number of rotatable bonds is 2. The average Bonchev–Trinajstić information content (AvgIpc) is 2.59. The monoisotopic (exact) mass is 238 g/mol. The Morgan fingerprint density at radius 2 is 2.25 bits per heavy atom. The van der Waals surface area contributed by atoms with Gasteiger partial charge in [0.15, 0.2) is 0 Å². The van der Waals surface area contributed by atoms with E-state index in [2.05, 4.69) is 15.1 Å². The summed E-state index contributed by atoms with van der Waals surface area (Å²) < 4.78 is 1.96. The normalized spacial score (nSPS) is 12.0. The Labute approximate surface area is 97.4 Å². The smallest absolute Gasteiger partial charge is 0.145 e. The lowest BCUT2D eigenvalue weighted by atomic mass is 10.3. The summed E-state index contributed by atoms with van der Waals surface area (Å²) in [4.78, 5) is 8.11. The van der Waals surface area contributed by atoms with Gasteiger partial charge in [-0.05, 0) is 13.8 Å². The summed E-state index contributed by atoms with van der Waals surface area (Å²) in [6.45, 7) is 4.07. The second-order valence-corrected chi connectivity index (χ2v) is 4.05. The molecule has 1 N–H and O–H groups in total. The lowest BCUT2D eigenvalue weighted by Gasteiger charge is -2.07. The zero-order valence-corrected chi connectivity index (χ0v) is 9.68. The standard InChI is InChI=1S/C10H11ClN4O/c1-6(2)15-4-7(3-14-16)8-9(11)12-5-13-10(8)15/h3-6,16H,1-2H3/b14-3+. The first kappa shape index (κ1) is 10.9. The van der Waals surface area contributed by atoms with E-state index in [4.69, 9.17) is 16.8 Å². The average molecular weight is 239 g/mol. The van der Waals surface area contributed by atoms with Crippen LogP contribution >= 0.6 is 11.6 Å². The van der Waals surface area contributed by atoms with Crippen LogP contribution in [0.15, 0.2) is 17.7 Å². The van der Waals surface area contributed by atoms with Gasteiger partial charge in [0.05, 0.1) is 11.6 Å². The van der Waals surface area contributed by atoms with Gasteiger partial charge in [0.1, 0.15) is 17.1 Å².